The predicted octanol–water partition coefficient (Wildman–Crippen LogP) is 0.896. The van der Waals surface area contributed by atoms with Crippen LogP contribution >= 0.6 is 0 Å². The first-order valence-electron chi connectivity index (χ1n) is 6.31. The van der Waals surface area contributed by atoms with Gasteiger partial charge in [-0.1, -0.05) is 6.07 Å². The normalized spacial score (nSPS) is 11.3. The summed E-state index contributed by atoms with van der Waals surface area (Å²) in [6.45, 7) is 0.201. The van der Waals surface area contributed by atoms with Crippen LogP contribution in [0.4, 0.5) is 0 Å². The van der Waals surface area contributed by atoms with Gasteiger partial charge < -0.3 is 14.6 Å². The second-order valence-electron chi connectivity index (χ2n) is 4.26. The summed E-state index contributed by atoms with van der Waals surface area (Å²) in [5.41, 5.74) is 0.786. The monoisotopic (exact) mass is 303 g/mol. The first-order valence-corrected chi connectivity index (χ1v) is 7.96. The van der Waals surface area contributed by atoms with E-state index in [1.165, 1.54) is 7.11 Å². The average molecular weight is 303 g/mol. The van der Waals surface area contributed by atoms with Crippen LogP contribution in [0.25, 0.3) is 0 Å². The molecule has 2 N–H and O–H groups in total. The third-order valence-corrected chi connectivity index (χ3v) is 4.18. The van der Waals surface area contributed by atoms with Crippen molar-refractivity contribution in [3.8, 4) is 11.5 Å². The van der Waals surface area contributed by atoms with Crippen LogP contribution in [0.2, 0.25) is 0 Å². The Balaban J connectivity index is 2.61. The van der Waals surface area contributed by atoms with E-state index < -0.39 is 10.0 Å². The minimum absolute atomic E-state index is 0.00516. The fourth-order valence-corrected chi connectivity index (χ4v) is 2.78. The summed E-state index contributed by atoms with van der Waals surface area (Å²) in [6.07, 6.45) is 0.926. The van der Waals surface area contributed by atoms with Crippen LogP contribution in [0.15, 0.2) is 18.2 Å². The number of unbranched alkanes of at least 4 members (excludes halogenated alkanes) is 1. The highest BCUT2D eigenvalue weighted by Crippen LogP contribution is 2.27. The van der Waals surface area contributed by atoms with Gasteiger partial charge in [0.15, 0.2) is 11.5 Å². The molecule has 1 rings (SSSR count). The molecule has 0 saturated heterocycles. The zero-order valence-corrected chi connectivity index (χ0v) is 12.6. The van der Waals surface area contributed by atoms with Crippen molar-refractivity contribution in [3.05, 3.63) is 23.8 Å². The zero-order valence-electron chi connectivity index (χ0n) is 11.8. The van der Waals surface area contributed by atoms with Gasteiger partial charge in [0, 0.05) is 13.2 Å². The first-order chi connectivity index (χ1) is 9.52. The van der Waals surface area contributed by atoms with Gasteiger partial charge in [-0.25, -0.2) is 13.1 Å². The third kappa shape index (κ3) is 5.36. The molecule has 0 aliphatic carbocycles. The molecular formula is C13H21NO5S. The highest BCUT2D eigenvalue weighted by Gasteiger charge is 2.10. The van der Waals surface area contributed by atoms with E-state index >= 15 is 0 Å². The molecule has 0 aliphatic rings. The van der Waals surface area contributed by atoms with Crippen molar-refractivity contribution >= 4 is 10.0 Å². The molecule has 0 amide bonds. The Kier molecular flexibility index (Phi) is 6.77. The fourth-order valence-electron chi connectivity index (χ4n) is 1.66. The van der Waals surface area contributed by atoms with E-state index in [4.69, 9.17) is 14.6 Å². The lowest BCUT2D eigenvalue weighted by atomic mass is 10.2. The lowest BCUT2D eigenvalue weighted by molar-refractivity contribution is 0.287. The van der Waals surface area contributed by atoms with E-state index in [0.717, 1.165) is 5.56 Å². The molecular weight excluding hydrogens is 282 g/mol. The smallest absolute Gasteiger partial charge is 0.211 e. The van der Waals surface area contributed by atoms with E-state index in [1.807, 2.05) is 0 Å². The Hall–Kier alpha value is -1.31. The SMILES string of the molecule is COc1ccc(CNS(=O)(=O)CCCCO)cc1OC. The maximum absolute atomic E-state index is 11.7. The molecule has 0 radical (unpaired) electrons. The number of hydrogen-bond acceptors (Lipinski definition) is 5. The van der Waals surface area contributed by atoms with Gasteiger partial charge in [0.2, 0.25) is 10.0 Å². The van der Waals surface area contributed by atoms with Gasteiger partial charge in [-0.15, -0.1) is 0 Å². The highest BCUT2D eigenvalue weighted by molar-refractivity contribution is 7.89. The van der Waals surface area contributed by atoms with Crippen molar-refractivity contribution < 1.29 is 23.0 Å². The van der Waals surface area contributed by atoms with Crippen LogP contribution in [0.1, 0.15) is 18.4 Å². The van der Waals surface area contributed by atoms with Gasteiger partial charge in [0.1, 0.15) is 0 Å². The fraction of sp³-hybridized carbons (Fsp3) is 0.538. The van der Waals surface area contributed by atoms with Gasteiger partial charge in [0.05, 0.1) is 20.0 Å². The summed E-state index contributed by atoms with van der Waals surface area (Å²) in [6, 6.07) is 5.24. The molecule has 20 heavy (non-hydrogen) atoms. The van der Waals surface area contributed by atoms with Crippen molar-refractivity contribution in [1.82, 2.24) is 4.72 Å². The number of aliphatic hydroxyl groups is 1. The summed E-state index contributed by atoms with van der Waals surface area (Å²) in [7, 11) is -0.249. The number of ether oxygens (including phenoxy) is 2. The first kappa shape index (κ1) is 16.7. The van der Waals surface area contributed by atoms with Crippen molar-refractivity contribution in [2.45, 2.75) is 19.4 Å². The molecule has 6 nitrogen and oxygen atoms in total. The molecule has 1 aromatic rings. The minimum Gasteiger partial charge on any atom is -0.493 e. The molecule has 0 atom stereocenters. The Morgan fingerprint density at radius 3 is 2.45 bits per heavy atom. The van der Waals surface area contributed by atoms with E-state index in [9.17, 15) is 8.42 Å². The Labute approximate surface area is 119 Å². The van der Waals surface area contributed by atoms with Gasteiger partial charge in [0.25, 0.3) is 0 Å². The van der Waals surface area contributed by atoms with Crippen molar-refractivity contribution in [2.75, 3.05) is 26.6 Å². The lowest BCUT2D eigenvalue weighted by Gasteiger charge is -2.10. The van der Waals surface area contributed by atoms with Crippen LogP contribution in [-0.2, 0) is 16.6 Å². The van der Waals surface area contributed by atoms with Crippen LogP contribution in [0.5, 0.6) is 11.5 Å². The van der Waals surface area contributed by atoms with Crippen molar-refractivity contribution in [3.63, 3.8) is 0 Å². The van der Waals surface area contributed by atoms with E-state index in [2.05, 4.69) is 4.72 Å². The van der Waals surface area contributed by atoms with Gasteiger partial charge >= 0.3 is 0 Å². The molecule has 0 aromatic heterocycles. The van der Waals surface area contributed by atoms with Crippen molar-refractivity contribution in [1.29, 1.82) is 0 Å². The number of aliphatic hydroxyl groups excluding tert-OH is 1. The summed E-state index contributed by atoms with van der Waals surface area (Å²) >= 11 is 0. The molecule has 0 heterocycles. The Morgan fingerprint density at radius 1 is 1.15 bits per heavy atom. The van der Waals surface area contributed by atoms with Crippen LogP contribution in [-0.4, -0.2) is 40.1 Å². The van der Waals surface area contributed by atoms with E-state index in [0.29, 0.717) is 24.3 Å². The summed E-state index contributed by atoms with van der Waals surface area (Å²) < 4.78 is 36.2. The lowest BCUT2D eigenvalue weighted by Crippen LogP contribution is -2.26. The summed E-state index contributed by atoms with van der Waals surface area (Å²) in [4.78, 5) is 0. The van der Waals surface area contributed by atoms with Crippen LogP contribution in [0, 0.1) is 0 Å². The topological polar surface area (TPSA) is 84.9 Å². The van der Waals surface area contributed by atoms with Crippen LogP contribution < -0.4 is 14.2 Å². The molecule has 0 bridgehead atoms. The van der Waals surface area contributed by atoms with Gasteiger partial charge in [-0.2, -0.15) is 0 Å². The zero-order chi connectivity index (χ0) is 15.0. The number of benzene rings is 1. The number of nitrogens with one attached hydrogen (secondary N) is 1. The minimum atomic E-state index is -3.32. The van der Waals surface area contributed by atoms with E-state index in [-0.39, 0.29) is 18.9 Å². The predicted molar refractivity (Wildman–Crippen MR) is 76.5 cm³/mol. The molecule has 114 valence electrons. The molecule has 0 aliphatic heterocycles. The number of methoxy groups -OCH3 is 2. The second kappa shape index (κ2) is 8.08. The number of hydrogen-bond donors (Lipinski definition) is 2. The third-order valence-electron chi connectivity index (χ3n) is 2.77. The average Bonchev–Trinajstić information content (AvgIpc) is 2.45. The molecule has 7 heteroatoms. The van der Waals surface area contributed by atoms with Gasteiger partial charge in [-0.3, -0.25) is 0 Å². The molecule has 0 fully saturated rings. The summed E-state index contributed by atoms with van der Waals surface area (Å²) in [5.74, 6) is 1.17. The Bertz CT molecular complexity index is 515. The Morgan fingerprint density at radius 2 is 1.85 bits per heavy atom. The molecule has 0 unspecified atom stereocenters. The van der Waals surface area contributed by atoms with Gasteiger partial charge in [-0.05, 0) is 30.5 Å². The quantitative estimate of drug-likeness (QED) is 0.662. The molecule has 1 aromatic carbocycles. The highest BCUT2D eigenvalue weighted by atomic mass is 32.2. The largest absolute Gasteiger partial charge is 0.493 e. The number of sulfonamides is 1. The van der Waals surface area contributed by atoms with Crippen molar-refractivity contribution in [2.24, 2.45) is 0 Å². The summed E-state index contributed by atoms with van der Waals surface area (Å²) in [5, 5.41) is 8.64. The maximum Gasteiger partial charge on any atom is 0.211 e. The molecule has 0 saturated carbocycles. The maximum atomic E-state index is 11.7. The second-order valence-corrected chi connectivity index (χ2v) is 6.19. The standard InChI is InChI=1S/C13H21NO5S/c1-18-12-6-5-11(9-13(12)19-2)10-14-20(16,17)8-4-3-7-15/h5-6,9,14-15H,3-4,7-8,10H2,1-2H3. The number of rotatable bonds is 9. The van der Waals surface area contributed by atoms with E-state index in [1.54, 1.807) is 25.3 Å². The van der Waals surface area contributed by atoms with Crippen LogP contribution in [0.3, 0.4) is 0 Å². The molecule has 0 spiro atoms.